The minimum absolute atomic E-state index is 0.0251. The van der Waals surface area contributed by atoms with E-state index in [2.05, 4.69) is 0 Å². The molecule has 1 atom stereocenters. The topological polar surface area (TPSA) is 60.4 Å². The van der Waals surface area contributed by atoms with Gasteiger partial charge in [0.25, 0.3) is 19.4 Å². The van der Waals surface area contributed by atoms with Crippen LogP contribution in [0.3, 0.4) is 0 Å². The zero-order valence-electron chi connectivity index (χ0n) is 6.78. The van der Waals surface area contributed by atoms with Crippen LogP contribution in [0.4, 0.5) is 0 Å². The first-order valence-electron chi connectivity index (χ1n) is 3.45. The summed E-state index contributed by atoms with van der Waals surface area (Å²) in [4.78, 5) is 0. The van der Waals surface area contributed by atoms with Crippen LogP contribution in [-0.2, 0) is 25.1 Å². The molecule has 3 nitrogen and oxygen atoms in total. The van der Waals surface area contributed by atoms with Gasteiger partial charge in [-0.3, -0.25) is 4.55 Å². The van der Waals surface area contributed by atoms with Crippen molar-refractivity contribution in [2.75, 3.05) is 0 Å². The van der Waals surface area contributed by atoms with Gasteiger partial charge in [0.05, 0.1) is 10.0 Å². The van der Waals surface area contributed by atoms with Crippen molar-refractivity contribution < 1.29 is 13.3 Å². The Bertz CT molecular complexity index is 424. The Kier molecular flexibility index (Phi) is 4.12. The molecule has 0 spiro atoms. The second-order valence-electron chi connectivity index (χ2n) is 2.39. The normalized spacial score (nSPS) is 14.9. The zero-order chi connectivity index (χ0) is 10.8. The van der Waals surface area contributed by atoms with Crippen LogP contribution in [0.15, 0.2) is 18.2 Å². The third kappa shape index (κ3) is 3.68. The summed E-state index contributed by atoms with van der Waals surface area (Å²) in [6.07, 6.45) is 0. The Morgan fingerprint density at radius 2 is 1.93 bits per heavy atom. The van der Waals surface area contributed by atoms with Crippen LogP contribution in [0.25, 0.3) is 0 Å². The molecule has 0 aliphatic heterocycles. The van der Waals surface area contributed by atoms with E-state index in [1.807, 2.05) is 0 Å². The van der Waals surface area contributed by atoms with Gasteiger partial charge in [0.15, 0.2) is 0 Å². The molecule has 0 aliphatic rings. The second-order valence-corrected chi connectivity index (χ2v) is 6.56. The predicted molar refractivity (Wildman–Crippen MR) is 59.1 cm³/mol. The van der Waals surface area contributed by atoms with Crippen LogP contribution in [-0.4, -0.2) is 13.3 Å². The van der Waals surface area contributed by atoms with E-state index >= 15 is 0 Å². The van der Waals surface area contributed by atoms with E-state index in [4.69, 9.17) is 27.8 Å². The Balaban J connectivity index is 3.04. The largest absolute Gasteiger partial charge is 0.712 e. The molecule has 0 aromatic heterocycles. The van der Waals surface area contributed by atoms with Gasteiger partial charge in [-0.1, -0.05) is 29.3 Å². The highest BCUT2D eigenvalue weighted by Crippen LogP contribution is 2.24. The summed E-state index contributed by atoms with van der Waals surface area (Å²) in [5.74, 6) is 0.0251. The molecule has 7 heteroatoms. The van der Waals surface area contributed by atoms with E-state index in [9.17, 15) is 8.76 Å². The fraction of sp³-hybridized carbons (Fsp3) is 0.143. The lowest BCUT2D eigenvalue weighted by molar-refractivity contribution is 0.432. The van der Waals surface area contributed by atoms with Crippen LogP contribution in [0.5, 0.6) is 0 Å². The summed E-state index contributed by atoms with van der Waals surface area (Å²) in [6.45, 7) is 0. The minimum atomic E-state index is -4.06. The maximum Gasteiger partial charge on any atom is 0.257 e. The molecular weight excluding hydrogens is 267 g/mol. The van der Waals surface area contributed by atoms with Crippen molar-refractivity contribution in [2.45, 2.75) is 5.75 Å². The highest BCUT2D eigenvalue weighted by molar-refractivity contribution is 8.33. The number of hydrogen-bond acceptors (Lipinski definition) is 2. The fourth-order valence-corrected chi connectivity index (χ4v) is 2.87. The Hall–Kier alpha value is 0.0900. The monoisotopic (exact) mass is 272 g/mol. The smallest absolute Gasteiger partial charge is 0.257 e. The van der Waals surface area contributed by atoms with Crippen LogP contribution in [0, 0.1) is 0 Å². The molecule has 1 unspecified atom stereocenters. The van der Waals surface area contributed by atoms with Crippen molar-refractivity contribution >= 4 is 42.6 Å². The lowest BCUT2D eigenvalue weighted by Gasteiger charge is -1.99. The predicted octanol–water partition coefficient (Wildman–Crippen LogP) is 2.38. The molecular formula is C7H6Cl2O3S2. The summed E-state index contributed by atoms with van der Waals surface area (Å²) in [5.41, 5.74) is 0.499. The molecule has 14 heavy (non-hydrogen) atoms. The van der Waals surface area contributed by atoms with Crippen LogP contribution >= 0.6 is 23.2 Å². The number of rotatable bonds is 2. The number of halogens is 2. The van der Waals surface area contributed by atoms with Gasteiger partial charge in [-0.2, -0.15) is 4.21 Å². The standard InChI is InChI=1S/C7H6Cl2O3S2/c8-6-2-1-3-7(9)5(6)4-13-14(10,11)12/h1-3H,4H2,(H-,10,11,12). The van der Waals surface area contributed by atoms with E-state index in [0.717, 1.165) is 0 Å². The van der Waals surface area contributed by atoms with E-state index in [1.165, 1.54) is 0 Å². The Morgan fingerprint density at radius 3 is 2.36 bits per heavy atom. The Morgan fingerprint density at radius 1 is 1.43 bits per heavy atom. The van der Waals surface area contributed by atoms with Gasteiger partial charge in [-0.25, -0.2) is 0 Å². The number of hydrogen-bond donors (Lipinski definition) is 1. The Labute approximate surface area is 95.3 Å². The quantitative estimate of drug-likeness (QED) is 0.841. The van der Waals surface area contributed by atoms with E-state index in [-0.39, 0.29) is 5.75 Å². The summed E-state index contributed by atoms with van der Waals surface area (Å²) in [7, 11) is -3.68. The maximum atomic E-state index is 10.5. The van der Waals surface area contributed by atoms with Crippen molar-refractivity contribution in [3.8, 4) is 0 Å². The molecule has 0 bridgehead atoms. The molecule has 1 aromatic rings. The van der Waals surface area contributed by atoms with Gasteiger partial charge >= 0.3 is 0 Å². The third-order valence-electron chi connectivity index (χ3n) is 1.41. The van der Waals surface area contributed by atoms with Crippen molar-refractivity contribution in [3.63, 3.8) is 0 Å². The molecule has 1 aromatic carbocycles. The molecule has 0 radical (unpaired) electrons. The maximum absolute atomic E-state index is 10.5. The molecule has 0 heterocycles. The van der Waals surface area contributed by atoms with E-state index in [1.54, 1.807) is 18.2 Å². The van der Waals surface area contributed by atoms with Crippen molar-refractivity contribution in [1.82, 2.24) is 0 Å². The summed E-state index contributed by atoms with van der Waals surface area (Å²) in [6, 6.07) is 4.87. The summed E-state index contributed by atoms with van der Waals surface area (Å²) in [5, 5.41) is 0.766. The SMILES string of the molecule is O=S([O-])(O)=[S+]Cc1c(Cl)cccc1Cl. The van der Waals surface area contributed by atoms with Crippen molar-refractivity contribution in [2.24, 2.45) is 0 Å². The lowest BCUT2D eigenvalue weighted by Crippen LogP contribution is -1.98. The third-order valence-corrected chi connectivity index (χ3v) is 4.07. The van der Waals surface area contributed by atoms with Gasteiger partial charge in [-0.05, 0) is 12.1 Å². The van der Waals surface area contributed by atoms with E-state index in [0.29, 0.717) is 25.9 Å². The van der Waals surface area contributed by atoms with Crippen LogP contribution < -0.4 is 0 Å². The van der Waals surface area contributed by atoms with Crippen LogP contribution in [0.1, 0.15) is 5.56 Å². The van der Waals surface area contributed by atoms with Gasteiger partial charge in [0.2, 0.25) is 5.75 Å². The average Bonchev–Trinajstić information content (AvgIpc) is 2.01. The minimum Gasteiger partial charge on any atom is -0.712 e. The molecule has 0 amide bonds. The molecule has 1 rings (SSSR count). The average molecular weight is 273 g/mol. The second kappa shape index (κ2) is 4.74. The highest BCUT2D eigenvalue weighted by Gasteiger charge is 2.11. The first-order valence-corrected chi connectivity index (χ1v) is 7.15. The zero-order valence-corrected chi connectivity index (χ0v) is 9.92. The number of benzene rings is 1. The fourth-order valence-electron chi connectivity index (χ4n) is 0.804. The highest BCUT2D eigenvalue weighted by atomic mass is 35.5. The summed E-state index contributed by atoms with van der Waals surface area (Å²) >= 11 is 11.6. The molecule has 0 saturated heterocycles. The lowest BCUT2D eigenvalue weighted by atomic mass is 10.2. The van der Waals surface area contributed by atoms with E-state index < -0.39 is 9.05 Å². The first-order chi connectivity index (χ1) is 6.40. The molecule has 0 aliphatic carbocycles. The first kappa shape index (κ1) is 12.2. The van der Waals surface area contributed by atoms with Gasteiger partial charge in [0, 0.05) is 5.56 Å². The molecule has 1 N–H and O–H groups in total. The van der Waals surface area contributed by atoms with Crippen molar-refractivity contribution in [3.05, 3.63) is 33.8 Å². The van der Waals surface area contributed by atoms with Crippen molar-refractivity contribution in [1.29, 1.82) is 0 Å². The van der Waals surface area contributed by atoms with Gasteiger partial charge in [-0.15, -0.1) is 0 Å². The van der Waals surface area contributed by atoms with Gasteiger partial charge < -0.3 is 4.55 Å². The van der Waals surface area contributed by atoms with Gasteiger partial charge in [0.1, 0.15) is 0 Å². The summed E-state index contributed by atoms with van der Waals surface area (Å²) < 4.78 is 29.4. The molecule has 0 saturated carbocycles. The molecule has 78 valence electrons. The molecule has 0 fully saturated rings. The van der Waals surface area contributed by atoms with Crippen LogP contribution in [0.2, 0.25) is 10.0 Å².